The minimum absolute atomic E-state index is 0.156. The fraction of sp³-hybridized carbons (Fsp3) is 0.480. The van der Waals surface area contributed by atoms with Gasteiger partial charge in [0.05, 0.1) is 24.5 Å². The Bertz CT molecular complexity index is 1080. The summed E-state index contributed by atoms with van der Waals surface area (Å²) in [5.74, 6) is 0.0987. The summed E-state index contributed by atoms with van der Waals surface area (Å²) in [7, 11) is 1.48. The van der Waals surface area contributed by atoms with Crippen LogP contribution >= 0.6 is 0 Å². The molecule has 0 amide bonds. The quantitative estimate of drug-likeness (QED) is 0.584. The second-order valence-corrected chi connectivity index (χ2v) is 8.89. The van der Waals surface area contributed by atoms with Crippen LogP contribution in [0.3, 0.4) is 0 Å². The van der Waals surface area contributed by atoms with Crippen molar-refractivity contribution < 1.29 is 24.5 Å². The zero-order valence-corrected chi connectivity index (χ0v) is 19.5. The van der Waals surface area contributed by atoms with Crippen molar-refractivity contribution in [2.45, 2.75) is 31.7 Å². The van der Waals surface area contributed by atoms with Crippen molar-refractivity contribution >= 4 is 5.97 Å². The molecule has 1 saturated heterocycles. The number of ether oxygens (including phenoxy) is 2. The van der Waals surface area contributed by atoms with E-state index in [2.05, 4.69) is 14.8 Å². The second-order valence-electron chi connectivity index (χ2n) is 8.89. The van der Waals surface area contributed by atoms with E-state index in [0.717, 1.165) is 37.3 Å². The molecule has 2 aliphatic rings. The van der Waals surface area contributed by atoms with Crippen molar-refractivity contribution in [1.82, 2.24) is 14.8 Å². The molecule has 34 heavy (non-hydrogen) atoms. The van der Waals surface area contributed by atoms with Crippen LogP contribution in [0, 0.1) is 11.3 Å². The third-order valence-corrected chi connectivity index (χ3v) is 6.45. The highest BCUT2D eigenvalue weighted by Crippen LogP contribution is 2.26. The Labute approximate surface area is 199 Å². The van der Waals surface area contributed by atoms with Gasteiger partial charge in [0.25, 0.3) is 0 Å². The lowest BCUT2D eigenvalue weighted by Crippen LogP contribution is -2.48. The normalized spacial score (nSPS) is 20.7. The number of rotatable bonds is 7. The van der Waals surface area contributed by atoms with E-state index in [9.17, 15) is 15.0 Å². The van der Waals surface area contributed by atoms with Crippen molar-refractivity contribution in [2.24, 2.45) is 0 Å². The van der Waals surface area contributed by atoms with Crippen molar-refractivity contribution in [3.05, 3.63) is 58.4 Å². The molecular formula is C25H30N4O5. The Balaban J connectivity index is 1.29. The molecule has 4 rings (SSSR count). The van der Waals surface area contributed by atoms with Crippen LogP contribution in [-0.4, -0.2) is 83.4 Å². The first-order valence-corrected chi connectivity index (χ1v) is 11.5. The molecule has 2 aromatic rings. The molecule has 3 atom stereocenters. The number of hydrogen-bond donors (Lipinski definition) is 2. The van der Waals surface area contributed by atoms with Crippen LogP contribution in [0.15, 0.2) is 30.5 Å². The number of esters is 1. The number of cyclic esters (lactones) is 1. The number of nitrogens with zero attached hydrogens (tertiary/aromatic N) is 4. The van der Waals surface area contributed by atoms with Gasteiger partial charge in [0.15, 0.2) is 0 Å². The van der Waals surface area contributed by atoms with Gasteiger partial charge < -0.3 is 19.7 Å². The number of nitriles is 1. The number of fused-ring (bicyclic) bond motifs is 1. The monoisotopic (exact) mass is 466 g/mol. The SMILES string of the molecule is COc1cc(C(O)CN2CCN(CC(O)c3ccc4c(c3)C[C@@H](C)OC4=O)CC2)ncc1C#N. The maximum Gasteiger partial charge on any atom is 0.338 e. The highest BCUT2D eigenvalue weighted by molar-refractivity contribution is 5.92. The smallest absolute Gasteiger partial charge is 0.338 e. The zero-order valence-electron chi connectivity index (χ0n) is 19.5. The predicted octanol–water partition coefficient (Wildman–Crippen LogP) is 1.45. The van der Waals surface area contributed by atoms with Crippen LogP contribution in [0.2, 0.25) is 0 Å². The molecule has 1 aromatic carbocycles. The number of methoxy groups -OCH3 is 1. The van der Waals surface area contributed by atoms with Crippen LogP contribution in [0.5, 0.6) is 5.75 Å². The maximum atomic E-state index is 12.0. The third kappa shape index (κ3) is 5.37. The lowest BCUT2D eigenvalue weighted by Gasteiger charge is -2.36. The van der Waals surface area contributed by atoms with Gasteiger partial charge in [-0.25, -0.2) is 4.79 Å². The summed E-state index contributed by atoms with van der Waals surface area (Å²) >= 11 is 0. The fourth-order valence-corrected chi connectivity index (χ4v) is 4.52. The fourth-order valence-electron chi connectivity index (χ4n) is 4.52. The first-order valence-electron chi connectivity index (χ1n) is 11.5. The molecule has 0 saturated carbocycles. The van der Waals surface area contributed by atoms with Gasteiger partial charge >= 0.3 is 5.97 Å². The molecule has 9 heteroatoms. The van der Waals surface area contributed by atoms with Crippen LogP contribution in [-0.2, 0) is 11.2 Å². The van der Waals surface area contributed by atoms with Gasteiger partial charge in [-0.2, -0.15) is 5.26 Å². The number of β-amino-alcohol motifs (C(OH)–C–C–N with tert-alkyl or cyclic N) is 2. The maximum absolute atomic E-state index is 12.0. The lowest BCUT2D eigenvalue weighted by atomic mass is 9.95. The van der Waals surface area contributed by atoms with Crippen molar-refractivity contribution in [1.29, 1.82) is 5.26 Å². The van der Waals surface area contributed by atoms with E-state index in [1.807, 2.05) is 19.1 Å². The largest absolute Gasteiger partial charge is 0.495 e. The number of aromatic nitrogens is 1. The van der Waals surface area contributed by atoms with E-state index >= 15 is 0 Å². The van der Waals surface area contributed by atoms with Gasteiger partial charge in [0.1, 0.15) is 29.6 Å². The first-order chi connectivity index (χ1) is 16.4. The number of hydrogen-bond acceptors (Lipinski definition) is 9. The number of aliphatic hydroxyl groups excluding tert-OH is 2. The van der Waals surface area contributed by atoms with E-state index in [0.29, 0.717) is 42.1 Å². The lowest BCUT2D eigenvalue weighted by molar-refractivity contribution is 0.0299. The Morgan fingerprint density at radius 1 is 1.18 bits per heavy atom. The standard InChI is InChI=1S/C25H30N4O5/c1-16-9-18-10-17(3-4-20(18)25(32)34-16)22(30)14-28-5-7-29(8-6-28)15-23(31)21-11-24(33-2)19(12-26)13-27-21/h3-4,10-11,13,16,22-23,30-31H,5-9,14-15H2,1-2H3/t16-,22?,23?/m1/s1. The van der Waals surface area contributed by atoms with Gasteiger partial charge in [0.2, 0.25) is 0 Å². The summed E-state index contributed by atoms with van der Waals surface area (Å²) in [6.45, 7) is 5.84. The summed E-state index contributed by atoms with van der Waals surface area (Å²) in [6, 6.07) is 9.09. The van der Waals surface area contributed by atoms with Crippen LogP contribution in [0.1, 0.15) is 51.9 Å². The van der Waals surface area contributed by atoms with Crippen molar-refractivity contribution in [3.63, 3.8) is 0 Å². The molecule has 2 N–H and O–H groups in total. The number of pyridine rings is 1. The highest BCUT2D eigenvalue weighted by atomic mass is 16.5. The molecule has 1 fully saturated rings. The number of piperazine rings is 1. The number of carbonyl (C=O) groups excluding carboxylic acids is 1. The van der Waals surface area contributed by atoms with Crippen molar-refractivity contribution in [2.75, 3.05) is 46.4 Å². The van der Waals surface area contributed by atoms with E-state index in [1.165, 1.54) is 13.3 Å². The Morgan fingerprint density at radius 2 is 1.85 bits per heavy atom. The molecule has 0 spiro atoms. The minimum atomic E-state index is -0.789. The summed E-state index contributed by atoms with van der Waals surface area (Å²) < 4.78 is 10.5. The third-order valence-electron chi connectivity index (χ3n) is 6.45. The molecule has 3 heterocycles. The molecule has 0 bridgehead atoms. The number of aliphatic hydroxyl groups is 2. The van der Waals surface area contributed by atoms with Crippen LogP contribution < -0.4 is 4.74 Å². The molecule has 0 aliphatic carbocycles. The van der Waals surface area contributed by atoms with Crippen LogP contribution in [0.4, 0.5) is 0 Å². The van der Waals surface area contributed by atoms with E-state index in [-0.39, 0.29) is 12.1 Å². The van der Waals surface area contributed by atoms with E-state index in [4.69, 9.17) is 14.7 Å². The van der Waals surface area contributed by atoms with Gasteiger partial charge in [-0.1, -0.05) is 12.1 Å². The van der Waals surface area contributed by atoms with Gasteiger partial charge in [0, 0.05) is 58.0 Å². The Morgan fingerprint density at radius 3 is 2.50 bits per heavy atom. The minimum Gasteiger partial charge on any atom is -0.495 e. The van der Waals surface area contributed by atoms with Gasteiger partial charge in [-0.15, -0.1) is 0 Å². The van der Waals surface area contributed by atoms with E-state index < -0.39 is 12.2 Å². The summed E-state index contributed by atoms with van der Waals surface area (Å²) in [5, 5.41) is 30.5. The molecule has 180 valence electrons. The molecule has 2 aliphatic heterocycles. The number of carbonyl (C=O) groups is 1. The summed E-state index contributed by atoms with van der Waals surface area (Å²) in [4.78, 5) is 20.6. The molecule has 2 unspecified atom stereocenters. The summed E-state index contributed by atoms with van der Waals surface area (Å²) in [6.07, 6.45) is 0.481. The van der Waals surface area contributed by atoms with Crippen molar-refractivity contribution in [3.8, 4) is 11.8 Å². The van der Waals surface area contributed by atoms with E-state index in [1.54, 1.807) is 18.2 Å². The Hall–Kier alpha value is -3.03. The van der Waals surface area contributed by atoms with Gasteiger partial charge in [-0.05, 0) is 24.1 Å². The molecular weight excluding hydrogens is 436 g/mol. The predicted molar refractivity (Wildman–Crippen MR) is 123 cm³/mol. The summed E-state index contributed by atoms with van der Waals surface area (Å²) in [5.41, 5.74) is 3.11. The van der Waals surface area contributed by atoms with Crippen LogP contribution in [0.25, 0.3) is 0 Å². The topological polar surface area (TPSA) is 119 Å². The Kier molecular flexibility index (Phi) is 7.44. The molecule has 0 radical (unpaired) electrons. The molecule has 9 nitrogen and oxygen atoms in total. The second kappa shape index (κ2) is 10.5. The molecule has 1 aromatic heterocycles. The highest BCUT2D eigenvalue weighted by Gasteiger charge is 2.26. The number of benzene rings is 1. The van der Waals surface area contributed by atoms with Gasteiger partial charge in [-0.3, -0.25) is 14.8 Å². The average Bonchev–Trinajstić information content (AvgIpc) is 2.84. The average molecular weight is 467 g/mol. The zero-order chi connectivity index (χ0) is 24.2. The first kappa shape index (κ1) is 24.1.